The molecule has 2 nitrogen and oxygen atoms in total. The number of rotatable bonds is 5. The van der Waals surface area contributed by atoms with Crippen molar-refractivity contribution in [2.45, 2.75) is 26.3 Å². The quantitative estimate of drug-likeness (QED) is 0.815. The third kappa shape index (κ3) is 3.45. The first-order valence-electron chi connectivity index (χ1n) is 6.80. The molecule has 0 amide bonds. The van der Waals surface area contributed by atoms with E-state index in [1.54, 1.807) is 7.11 Å². The normalized spacial score (nSPS) is 12.0. The van der Waals surface area contributed by atoms with E-state index in [1.165, 1.54) is 11.1 Å². The Balaban J connectivity index is 2.26. The van der Waals surface area contributed by atoms with Crippen LogP contribution in [0.25, 0.3) is 0 Å². The molecule has 0 radical (unpaired) electrons. The van der Waals surface area contributed by atoms with Crippen molar-refractivity contribution in [3.8, 4) is 5.75 Å². The lowest BCUT2D eigenvalue weighted by Gasteiger charge is -2.21. The summed E-state index contributed by atoms with van der Waals surface area (Å²) in [5.74, 6) is 0.866. The van der Waals surface area contributed by atoms with Gasteiger partial charge in [-0.2, -0.15) is 0 Å². The van der Waals surface area contributed by atoms with Crippen LogP contribution >= 0.6 is 11.6 Å². The summed E-state index contributed by atoms with van der Waals surface area (Å²) in [5, 5.41) is 4.30. The van der Waals surface area contributed by atoms with Gasteiger partial charge in [0, 0.05) is 5.02 Å². The van der Waals surface area contributed by atoms with E-state index in [4.69, 9.17) is 16.3 Å². The second-order valence-corrected chi connectivity index (χ2v) is 5.30. The Kier molecular flexibility index (Phi) is 4.91. The van der Waals surface area contributed by atoms with Gasteiger partial charge in [0.15, 0.2) is 0 Å². The Morgan fingerprint density at radius 1 is 1.20 bits per heavy atom. The second kappa shape index (κ2) is 6.67. The first-order chi connectivity index (χ1) is 9.63. The lowest BCUT2D eigenvalue weighted by atomic mass is 10.0. The molecule has 0 aliphatic rings. The van der Waals surface area contributed by atoms with E-state index in [0.717, 1.165) is 22.9 Å². The van der Waals surface area contributed by atoms with Gasteiger partial charge in [0.2, 0.25) is 0 Å². The molecule has 1 unspecified atom stereocenters. The van der Waals surface area contributed by atoms with Crippen LogP contribution < -0.4 is 10.1 Å². The number of nitrogens with one attached hydrogen (secondary N) is 1. The molecule has 0 spiro atoms. The van der Waals surface area contributed by atoms with E-state index in [1.807, 2.05) is 24.3 Å². The van der Waals surface area contributed by atoms with Crippen molar-refractivity contribution in [1.82, 2.24) is 0 Å². The molecule has 0 saturated carbocycles. The number of halogens is 1. The minimum Gasteiger partial charge on any atom is -0.495 e. The molecule has 2 rings (SSSR count). The van der Waals surface area contributed by atoms with Crippen molar-refractivity contribution < 1.29 is 4.74 Å². The Bertz CT molecular complexity index is 583. The van der Waals surface area contributed by atoms with E-state index in [9.17, 15) is 0 Å². The van der Waals surface area contributed by atoms with Crippen LogP contribution in [-0.2, 0) is 0 Å². The molecular weight excluding hydrogens is 270 g/mol. The SMILES string of the molecule is CCC(Nc1ccc(C)cc1OC)c1cccc(Cl)c1. The van der Waals surface area contributed by atoms with Crippen LogP contribution in [0.2, 0.25) is 5.02 Å². The van der Waals surface area contributed by atoms with Crippen LogP contribution in [-0.4, -0.2) is 7.11 Å². The van der Waals surface area contributed by atoms with Gasteiger partial charge in [-0.3, -0.25) is 0 Å². The number of methoxy groups -OCH3 is 1. The smallest absolute Gasteiger partial charge is 0.142 e. The number of hydrogen-bond donors (Lipinski definition) is 1. The third-order valence-electron chi connectivity index (χ3n) is 3.35. The van der Waals surface area contributed by atoms with E-state index in [-0.39, 0.29) is 6.04 Å². The summed E-state index contributed by atoms with van der Waals surface area (Å²) in [4.78, 5) is 0. The molecule has 0 fully saturated rings. The molecule has 2 aromatic carbocycles. The van der Waals surface area contributed by atoms with Gasteiger partial charge in [0.05, 0.1) is 18.8 Å². The summed E-state index contributed by atoms with van der Waals surface area (Å²) < 4.78 is 5.44. The summed E-state index contributed by atoms with van der Waals surface area (Å²) >= 11 is 6.08. The molecular formula is C17H20ClNO. The average Bonchev–Trinajstić information content (AvgIpc) is 2.45. The summed E-state index contributed by atoms with van der Waals surface area (Å²) in [6, 6.07) is 14.4. The van der Waals surface area contributed by atoms with E-state index in [2.05, 4.69) is 37.4 Å². The topological polar surface area (TPSA) is 21.3 Å². The molecule has 0 saturated heterocycles. The molecule has 0 heterocycles. The van der Waals surface area contributed by atoms with E-state index < -0.39 is 0 Å². The number of anilines is 1. The molecule has 0 bridgehead atoms. The van der Waals surface area contributed by atoms with Gasteiger partial charge in [0.25, 0.3) is 0 Å². The van der Waals surface area contributed by atoms with Gasteiger partial charge in [-0.25, -0.2) is 0 Å². The average molecular weight is 290 g/mol. The van der Waals surface area contributed by atoms with Crippen LogP contribution in [0.3, 0.4) is 0 Å². The maximum absolute atomic E-state index is 6.08. The summed E-state index contributed by atoms with van der Waals surface area (Å²) in [7, 11) is 1.69. The number of ether oxygens (including phenoxy) is 1. The van der Waals surface area contributed by atoms with Crippen LogP contribution in [0.5, 0.6) is 5.75 Å². The lowest BCUT2D eigenvalue weighted by Crippen LogP contribution is -2.10. The molecule has 20 heavy (non-hydrogen) atoms. The zero-order chi connectivity index (χ0) is 14.5. The van der Waals surface area contributed by atoms with Crippen molar-refractivity contribution in [3.05, 3.63) is 58.6 Å². The van der Waals surface area contributed by atoms with Gasteiger partial charge in [-0.15, -0.1) is 0 Å². The first kappa shape index (κ1) is 14.7. The van der Waals surface area contributed by atoms with Crippen molar-refractivity contribution in [2.24, 2.45) is 0 Å². The minimum atomic E-state index is 0.213. The molecule has 3 heteroatoms. The minimum absolute atomic E-state index is 0.213. The van der Waals surface area contributed by atoms with Gasteiger partial charge in [-0.05, 0) is 48.7 Å². The summed E-state index contributed by atoms with van der Waals surface area (Å²) in [6.45, 7) is 4.21. The van der Waals surface area contributed by atoms with Crippen LogP contribution in [0.1, 0.15) is 30.5 Å². The largest absolute Gasteiger partial charge is 0.495 e. The molecule has 1 atom stereocenters. The Labute approximate surface area is 125 Å². The first-order valence-corrected chi connectivity index (χ1v) is 7.18. The third-order valence-corrected chi connectivity index (χ3v) is 3.58. The molecule has 2 aromatic rings. The fraction of sp³-hybridized carbons (Fsp3) is 0.294. The van der Waals surface area contributed by atoms with Crippen molar-refractivity contribution in [2.75, 3.05) is 12.4 Å². The van der Waals surface area contributed by atoms with Crippen LogP contribution in [0, 0.1) is 6.92 Å². The highest BCUT2D eigenvalue weighted by Crippen LogP contribution is 2.31. The number of benzene rings is 2. The van der Waals surface area contributed by atoms with Crippen molar-refractivity contribution in [3.63, 3.8) is 0 Å². The zero-order valence-corrected chi connectivity index (χ0v) is 12.9. The predicted octanol–water partition coefficient (Wildman–Crippen LogP) is 5.22. The van der Waals surface area contributed by atoms with Crippen molar-refractivity contribution in [1.29, 1.82) is 0 Å². The Morgan fingerprint density at radius 3 is 2.65 bits per heavy atom. The standard InChI is InChI=1S/C17H20ClNO/c1-4-15(13-6-5-7-14(18)11-13)19-16-9-8-12(2)10-17(16)20-3/h5-11,15,19H,4H2,1-3H3. The van der Waals surface area contributed by atoms with Gasteiger partial charge < -0.3 is 10.1 Å². The highest BCUT2D eigenvalue weighted by molar-refractivity contribution is 6.30. The molecule has 0 aliphatic carbocycles. The molecule has 0 aliphatic heterocycles. The van der Waals surface area contributed by atoms with Gasteiger partial charge in [-0.1, -0.05) is 36.7 Å². The molecule has 0 aromatic heterocycles. The number of hydrogen-bond acceptors (Lipinski definition) is 2. The maximum Gasteiger partial charge on any atom is 0.142 e. The Morgan fingerprint density at radius 2 is 2.00 bits per heavy atom. The summed E-state index contributed by atoms with van der Waals surface area (Å²) in [6.07, 6.45) is 0.970. The van der Waals surface area contributed by atoms with Crippen LogP contribution in [0.4, 0.5) is 5.69 Å². The fourth-order valence-electron chi connectivity index (χ4n) is 2.25. The molecule has 1 N–H and O–H groups in total. The second-order valence-electron chi connectivity index (χ2n) is 4.86. The fourth-order valence-corrected chi connectivity index (χ4v) is 2.45. The summed E-state index contributed by atoms with van der Waals surface area (Å²) in [5.41, 5.74) is 3.37. The lowest BCUT2D eigenvalue weighted by molar-refractivity contribution is 0.415. The van der Waals surface area contributed by atoms with E-state index in [0.29, 0.717) is 0 Å². The van der Waals surface area contributed by atoms with Crippen molar-refractivity contribution >= 4 is 17.3 Å². The van der Waals surface area contributed by atoms with Crippen LogP contribution in [0.15, 0.2) is 42.5 Å². The predicted molar refractivity (Wildman–Crippen MR) is 85.8 cm³/mol. The number of aryl methyl sites for hydroxylation is 1. The Hall–Kier alpha value is -1.67. The highest BCUT2D eigenvalue weighted by Gasteiger charge is 2.12. The van der Waals surface area contributed by atoms with Gasteiger partial charge in [0.1, 0.15) is 5.75 Å². The zero-order valence-electron chi connectivity index (χ0n) is 12.1. The van der Waals surface area contributed by atoms with Gasteiger partial charge >= 0.3 is 0 Å². The highest BCUT2D eigenvalue weighted by atomic mass is 35.5. The molecule has 106 valence electrons. The van der Waals surface area contributed by atoms with E-state index >= 15 is 0 Å². The monoisotopic (exact) mass is 289 g/mol. The maximum atomic E-state index is 6.08.